The van der Waals surface area contributed by atoms with Gasteiger partial charge < -0.3 is 5.11 Å². The van der Waals surface area contributed by atoms with E-state index < -0.39 is 29.1 Å². The van der Waals surface area contributed by atoms with Gasteiger partial charge in [-0.3, -0.25) is 0 Å². The number of sulfonamides is 1. The normalized spacial score (nSPS) is 12.9. The van der Waals surface area contributed by atoms with E-state index in [0.29, 0.717) is 6.42 Å². The van der Waals surface area contributed by atoms with Gasteiger partial charge in [0, 0.05) is 4.88 Å². The average molecular weight is 285 g/mol. The average Bonchev–Trinajstić information content (AvgIpc) is 2.76. The van der Waals surface area contributed by atoms with Crippen LogP contribution in [-0.4, -0.2) is 32.6 Å². The third kappa shape index (κ3) is 3.98. The molecule has 98 valence electrons. The number of aryl methyl sites for hydroxylation is 1. The molecule has 0 amide bonds. The van der Waals surface area contributed by atoms with Crippen LogP contribution < -0.4 is 4.72 Å². The minimum Gasteiger partial charge on any atom is -0.390 e. The highest BCUT2D eigenvalue weighted by Gasteiger charge is 2.30. The third-order valence-electron chi connectivity index (χ3n) is 2.00. The van der Waals surface area contributed by atoms with Crippen molar-refractivity contribution in [2.75, 3.05) is 13.2 Å². The standard InChI is InChI=1S/C9H13F2NO3S2/c1-2-7-3-4-8(16-7)17(14,15)12-5-9(10,11)6-13/h3-4,12-13H,2,5-6H2,1H3. The van der Waals surface area contributed by atoms with Gasteiger partial charge in [0.2, 0.25) is 10.0 Å². The quantitative estimate of drug-likeness (QED) is 0.826. The van der Waals surface area contributed by atoms with Crippen molar-refractivity contribution in [3.05, 3.63) is 17.0 Å². The Morgan fingerprint density at radius 1 is 1.47 bits per heavy atom. The smallest absolute Gasteiger partial charge is 0.283 e. The first-order valence-electron chi connectivity index (χ1n) is 4.88. The summed E-state index contributed by atoms with van der Waals surface area (Å²) in [6, 6.07) is 3.02. The highest BCUT2D eigenvalue weighted by molar-refractivity contribution is 7.91. The lowest BCUT2D eigenvalue weighted by atomic mass is 10.4. The SMILES string of the molecule is CCc1ccc(S(=O)(=O)NCC(F)(F)CO)s1. The van der Waals surface area contributed by atoms with Crippen molar-refractivity contribution in [3.8, 4) is 0 Å². The Morgan fingerprint density at radius 3 is 2.59 bits per heavy atom. The number of rotatable bonds is 6. The molecule has 0 bridgehead atoms. The maximum Gasteiger partial charge on any atom is 0.283 e. The summed E-state index contributed by atoms with van der Waals surface area (Å²) in [5, 5.41) is 8.32. The van der Waals surface area contributed by atoms with E-state index in [4.69, 9.17) is 5.11 Å². The van der Waals surface area contributed by atoms with E-state index in [-0.39, 0.29) is 4.21 Å². The van der Waals surface area contributed by atoms with Crippen LogP contribution in [-0.2, 0) is 16.4 Å². The van der Waals surface area contributed by atoms with Crippen molar-refractivity contribution in [2.24, 2.45) is 0 Å². The number of aliphatic hydroxyl groups is 1. The molecule has 0 radical (unpaired) electrons. The molecule has 17 heavy (non-hydrogen) atoms. The summed E-state index contributed by atoms with van der Waals surface area (Å²) in [5.41, 5.74) is 0. The summed E-state index contributed by atoms with van der Waals surface area (Å²) in [5.74, 6) is -3.45. The summed E-state index contributed by atoms with van der Waals surface area (Å²) < 4.78 is 50.4. The minimum absolute atomic E-state index is 0.00286. The number of alkyl halides is 2. The number of hydrogen-bond donors (Lipinski definition) is 2. The van der Waals surface area contributed by atoms with Gasteiger partial charge in [-0.05, 0) is 18.6 Å². The lowest BCUT2D eigenvalue weighted by Gasteiger charge is -2.13. The Bertz CT molecular complexity index is 470. The highest BCUT2D eigenvalue weighted by atomic mass is 32.2. The van der Waals surface area contributed by atoms with Gasteiger partial charge >= 0.3 is 0 Å². The second-order valence-corrected chi connectivity index (χ2v) is 6.58. The fourth-order valence-electron chi connectivity index (χ4n) is 1.02. The van der Waals surface area contributed by atoms with Crippen LogP contribution in [0.25, 0.3) is 0 Å². The molecule has 1 rings (SSSR count). The van der Waals surface area contributed by atoms with Crippen LogP contribution in [0.1, 0.15) is 11.8 Å². The van der Waals surface area contributed by atoms with Crippen LogP contribution in [0.5, 0.6) is 0 Å². The molecule has 1 aromatic rings. The van der Waals surface area contributed by atoms with Crippen LogP contribution in [0.3, 0.4) is 0 Å². The van der Waals surface area contributed by atoms with E-state index in [9.17, 15) is 17.2 Å². The topological polar surface area (TPSA) is 66.4 Å². The first-order chi connectivity index (χ1) is 7.80. The fourth-order valence-corrected chi connectivity index (χ4v) is 3.42. The van der Waals surface area contributed by atoms with Crippen LogP contribution in [0.15, 0.2) is 16.3 Å². The van der Waals surface area contributed by atoms with Crippen LogP contribution in [0.4, 0.5) is 8.78 Å². The summed E-state index contributed by atoms with van der Waals surface area (Å²) >= 11 is 1.04. The predicted octanol–water partition coefficient (Wildman–Crippen LogP) is 1.22. The van der Waals surface area contributed by atoms with Crippen molar-refractivity contribution in [3.63, 3.8) is 0 Å². The van der Waals surface area contributed by atoms with Gasteiger partial charge in [-0.25, -0.2) is 21.9 Å². The molecule has 0 unspecified atom stereocenters. The fraction of sp³-hybridized carbons (Fsp3) is 0.556. The molecule has 0 spiro atoms. The lowest BCUT2D eigenvalue weighted by molar-refractivity contribution is -0.0437. The lowest BCUT2D eigenvalue weighted by Crippen LogP contribution is -2.38. The van der Waals surface area contributed by atoms with Crippen molar-refractivity contribution in [2.45, 2.75) is 23.5 Å². The Morgan fingerprint density at radius 2 is 2.12 bits per heavy atom. The van der Waals surface area contributed by atoms with Gasteiger partial charge in [0.05, 0.1) is 6.54 Å². The molecule has 0 saturated heterocycles. The van der Waals surface area contributed by atoms with Crippen molar-refractivity contribution < 1.29 is 22.3 Å². The van der Waals surface area contributed by atoms with Gasteiger partial charge in [0.1, 0.15) is 10.8 Å². The molecule has 0 aliphatic carbocycles. The predicted molar refractivity (Wildman–Crippen MR) is 60.9 cm³/mol. The Kier molecular flexibility index (Phi) is 4.59. The van der Waals surface area contributed by atoms with Gasteiger partial charge in [-0.15, -0.1) is 11.3 Å². The molecule has 0 fully saturated rings. The van der Waals surface area contributed by atoms with E-state index in [0.717, 1.165) is 16.2 Å². The van der Waals surface area contributed by atoms with Crippen molar-refractivity contribution >= 4 is 21.4 Å². The summed E-state index contributed by atoms with van der Waals surface area (Å²) in [4.78, 5) is 0.860. The van der Waals surface area contributed by atoms with Gasteiger partial charge in [-0.2, -0.15) is 0 Å². The molecule has 1 heterocycles. The summed E-state index contributed by atoms with van der Waals surface area (Å²) in [6.45, 7) is -0.624. The summed E-state index contributed by atoms with van der Waals surface area (Å²) in [7, 11) is -3.92. The first kappa shape index (κ1) is 14.5. The number of thiophene rings is 1. The molecule has 4 nitrogen and oxygen atoms in total. The first-order valence-corrected chi connectivity index (χ1v) is 7.18. The second kappa shape index (κ2) is 5.38. The molecule has 0 aliphatic heterocycles. The number of halogens is 2. The maximum atomic E-state index is 12.7. The van der Waals surface area contributed by atoms with Gasteiger partial charge in [0.15, 0.2) is 0 Å². The highest BCUT2D eigenvalue weighted by Crippen LogP contribution is 2.22. The monoisotopic (exact) mass is 285 g/mol. The zero-order chi connectivity index (χ0) is 13.1. The largest absolute Gasteiger partial charge is 0.390 e. The van der Waals surface area contributed by atoms with Gasteiger partial charge in [0.25, 0.3) is 5.92 Å². The minimum atomic E-state index is -3.92. The van der Waals surface area contributed by atoms with Crippen LogP contribution >= 0.6 is 11.3 Å². The zero-order valence-electron chi connectivity index (χ0n) is 9.11. The van der Waals surface area contributed by atoms with E-state index in [1.54, 1.807) is 10.8 Å². The molecule has 1 aromatic heterocycles. The second-order valence-electron chi connectivity index (χ2n) is 3.41. The Balaban J connectivity index is 2.76. The maximum absolute atomic E-state index is 12.7. The molecular weight excluding hydrogens is 272 g/mol. The van der Waals surface area contributed by atoms with Crippen LogP contribution in [0, 0.1) is 0 Å². The van der Waals surface area contributed by atoms with Crippen LogP contribution in [0.2, 0.25) is 0 Å². The number of hydrogen-bond acceptors (Lipinski definition) is 4. The van der Waals surface area contributed by atoms with E-state index in [2.05, 4.69) is 0 Å². The molecule has 2 N–H and O–H groups in total. The number of aliphatic hydroxyl groups excluding tert-OH is 1. The molecule has 0 aliphatic rings. The molecule has 0 saturated carbocycles. The third-order valence-corrected chi connectivity index (χ3v) is 5.13. The van der Waals surface area contributed by atoms with E-state index >= 15 is 0 Å². The zero-order valence-corrected chi connectivity index (χ0v) is 10.7. The summed E-state index contributed by atoms with van der Waals surface area (Å²) in [6.07, 6.45) is 0.687. The van der Waals surface area contributed by atoms with Gasteiger partial charge in [-0.1, -0.05) is 6.92 Å². The Labute approximate surface area is 102 Å². The molecule has 8 heteroatoms. The molecule has 0 aromatic carbocycles. The van der Waals surface area contributed by atoms with Crippen molar-refractivity contribution in [1.82, 2.24) is 4.72 Å². The molecule has 0 atom stereocenters. The Hall–Kier alpha value is -0.570. The number of nitrogens with one attached hydrogen (secondary N) is 1. The van der Waals surface area contributed by atoms with E-state index in [1.165, 1.54) is 6.07 Å². The van der Waals surface area contributed by atoms with E-state index in [1.807, 2.05) is 6.92 Å². The molecular formula is C9H13F2NO3S2. The van der Waals surface area contributed by atoms with Crippen molar-refractivity contribution in [1.29, 1.82) is 0 Å².